The van der Waals surface area contributed by atoms with Crippen molar-refractivity contribution in [1.82, 2.24) is 24.9 Å². The molecule has 0 spiro atoms. The molecule has 0 aromatic heterocycles. The second kappa shape index (κ2) is 8.10. The molecule has 3 aliphatic rings. The Bertz CT molecular complexity index is 890. The highest BCUT2D eigenvalue weighted by atomic mass is 16.2. The van der Waals surface area contributed by atoms with Gasteiger partial charge in [-0.1, -0.05) is 29.8 Å². The van der Waals surface area contributed by atoms with Crippen molar-refractivity contribution in [2.24, 2.45) is 4.99 Å². The van der Waals surface area contributed by atoms with Crippen molar-refractivity contribution in [2.75, 3.05) is 39.8 Å². The SMILES string of the molecule is C=CCN1CCN(C2=NC3C(C(=O)NC(=O)N3C)N2Cc2cc(C)ccc2C)CC1. The van der Waals surface area contributed by atoms with E-state index in [9.17, 15) is 9.59 Å². The number of amides is 3. The van der Waals surface area contributed by atoms with Gasteiger partial charge in [0, 0.05) is 46.3 Å². The Hall–Kier alpha value is -2.87. The zero-order chi connectivity index (χ0) is 21.4. The minimum atomic E-state index is -0.520. The van der Waals surface area contributed by atoms with E-state index in [1.165, 1.54) is 21.6 Å². The summed E-state index contributed by atoms with van der Waals surface area (Å²) in [6.45, 7) is 12.9. The van der Waals surface area contributed by atoms with Crippen LogP contribution in [0, 0.1) is 13.8 Å². The first-order valence-electron chi connectivity index (χ1n) is 10.5. The lowest BCUT2D eigenvalue weighted by Gasteiger charge is -2.40. The Labute approximate surface area is 177 Å². The molecular formula is C22H30N6O2. The zero-order valence-corrected chi connectivity index (χ0v) is 18.0. The molecule has 0 saturated carbocycles. The normalized spacial score (nSPS) is 24.6. The number of nitrogens with zero attached hydrogens (tertiary/aromatic N) is 5. The Morgan fingerprint density at radius 1 is 1.20 bits per heavy atom. The van der Waals surface area contributed by atoms with Crippen LogP contribution >= 0.6 is 0 Å². The number of likely N-dealkylation sites (N-methyl/N-ethyl adjacent to an activating group) is 1. The Balaban J connectivity index is 1.64. The molecule has 8 nitrogen and oxygen atoms in total. The van der Waals surface area contributed by atoms with E-state index in [1.807, 2.05) is 6.08 Å². The van der Waals surface area contributed by atoms with Crippen molar-refractivity contribution in [2.45, 2.75) is 32.6 Å². The van der Waals surface area contributed by atoms with E-state index in [0.29, 0.717) is 6.54 Å². The second-order valence-corrected chi connectivity index (χ2v) is 8.33. The number of aryl methyl sites for hydroxylation is 2. The number of urea groups is 1. The predicted octanol–water partition coefficient (Wildman–Crippen LogP) is 1.15. The first kappa shape index (κ1) is 20.4. The van der Waals surface area contributed by atoms with Gasteiger partial charge in [-0.25, -0.2) is 9.79 Å². The maximum atomic E-state index is 12.8. The van der Waals surface area contributed by atoms with Crippen molar-refractivity contribution in [1.29, 1.82) is 0 Å². The van der Waals surface area contributed by atoms with Gasteiger partial charge in [-0.2, -0.15) is 0 Å². The highest BCUT2D eigenvalue weighted by Gasteiger charge is 2.49. The van der Waals surface area contributed by atoms with E-state index >= 15 is 0 Å². The molecule has 2 unspecified atom stereocenters. The molecular weight excluding hydrogens is 380 g/mol. The van der Waals surface area contributed by atoms with Crippen LogP contribution in [-0.4, -0.2) is 89.5 Å². The molecule has 0 radical (unpaired) electrons. The highest BCUT2D eigenvalue weighted by Crippen LogP contribution is 2.28. The summed E-state index contributed by atoms with van der Waals surface area (Å²) in [5, 5.41) is 2.48. The lowest BCUT2D eigenvalue weighted by molar-refractivity contribution is -0.127. The van der Waals surface area contributed by atoms with Crippen molar-refractivity contribution in [3.63, 3.8) is 0 Å². The van der Waals surface area contributed by atoms with Gasteiger partial charge in [0.05, 0.1) is 0 Å². The summed E-state index contributed by atoms with van der Waals surface area (Å²) >= 11 is 0. The van der Waals surface area contributed by atoms with E-state index in [-0.39, 0.29) is 5.91 Å². The fourth-order valence-electron chi connectivity index (χ4n) is 4.41. The van der Waals surface area contributed by atoms with E-state index in [0.717, 1.165) is 38.7 Å². The van der Waals surface area contributed by atoms with Crippen LogP contribution in [0.2, 0.25) is 0 Å². The number of rotatable bonds is 4. The van der Waals surface area contributed by atoms with Gasteiger partial charge >= 0.3 is 6.03 Å². The van der Waals surface area contributed by atoms with Crippen LogP contribution < -0.4 is 5.32 Å². The molecule has 2 fully saturated rings. The van der Waals surface area contributed by atoms with E-state index in [2.05, 4.69) is 58.6 Å². The van der Waals surface area contributed by atoms with Gasteiger partial charge < -0.3 is 14.7 Å². The summed E-state index contributed by atoms with van der Waals surface area (Å²) in [4.78, 5) is 38.1. The number of aliphatic imine (C=N–C) groups is 1. The first-order chi connectivity index (χ1) is 14.4. The van der Waals surface area contributed by atoms with Crippen LogP contribution in [0.4, 0.5) is 4.79 Å². The number of imide groups is 1. The molecule has 2 saturated heterocycles. The molecule has 4 rings (SSSR count). The standard InChI is InChI=1S/C22H30N6O2/c1-5-8-26-9-11-27(12-10-26)21-23-19-18(20(29)24-22(30)25(19)4)28(21)14-17-13-15(2)6-7-16(17)3/h5-7,13,18-19H,1,8-12,14H2,2-4H3,(H,24,29,30). The smallest absolute Gasteiger partial charge is 0.325 e. The molecule has 8 heteroatoms. The van der Waals surface area contributed by atoms with E-state index in [1.54, 1.807) is 7.05 Å². The van der Waals surface area contributed by atoms with Gasteiger partial charge in [0.1, 0.15) is 0 Å². The van der Waals surface area contributed by atoms with Gasteiger partial charge in [-0.3, -0.25) is 15.0 Å². The largest absolute Gasteiger partial charge is 0.340 e. The maximum Gasteiger partial charge on any atom is 0.325 e. The number of carbonyl (C=O) groups is 2. The third-order valence-electron chi connectivity index (χ3n) is 6.23. The number of nitrogens with one attached hydrogen (secondary N) is 1. The molecule has 3 heterocycles. The van der Waals surface area contributed by atoms with E-state index in [4.69, 9.17) is 4.99 Å². The molecule has 2 atom stereocenters. The fourth-order valence-corrected chi connectivity index (χ4v) is 4.41. The number of guanidine groups is 1. The van der Waals surface area contributed by atoms with Crippen LogP contribution in [0.3, 0.4) is 0 Å². The molecule has 0 aliphatic carbocycles. The Kier molecular flexibility index (Phi) is 5.51. The topological polar surface area (TPSA) is 71.5 Å². The Morgan fingerprint density at radius 2 is 1.93 bits per heavy atom. The third kappa shape index (κ3) is 3.67. The van der Waals surface area contributed by atoms with Crippen LogP contribution in [0.25, 0.3) is 0 Å². The fraction of sp³-hybridized carbons (Fsp3) is 0.500. The number of carbonyl (C=O) groups excluding carboxylic acids is 2. The van der Waals surface area contributed by atoms with Gasteiger partial charge in [0.25, 0.3) is 5.91 Å². The summed E-state index contributed by atoms with van der Waals surface area (Å²) < 4.78 is 0. The minimum Gasteiger partial charge on any atom is -0.340 e. The molecule has 1 aromatic carbocycles. The third-order valence-corrected chi connectivity index (χ3v) is 6.23. The number of benzene rings is 1. The number of piperazine rings is 1. The quantitative estimate of drug-likeness (QED) is 0.754. The number of hydrogen-bond donors (Lipinski definition) is 1. The van der Waals surface area contributed by atoms with Crippen LogP contribution in [0.5, 0.6) is 0 Å². The summed E-state index contributed by atoms with van der Waals surface area (Å²) in [6.07, 6.45) is 1.42. The van der Waals surface area contributed by atoms with Crippen molar-refractivity contribution in [3.8, 4) is 0 Å². The molecule has 3 amide bonds. The highest BCUT2D eigenvalue weighted by molar-refractivity contribution is 6.03. The lowest BCUT2D eigenvalue weighted by Crippen LogP contribution is -2.64. The monoisotopic (exact) mass is 410 g/mol. The van der Waals surface area contributed by atoms with Crippen LogP contribution in [-0.2, 0) is 11.3 Å². The molecule has 1 N–H and O–H groups in total. The zero-order valence-electron chi connectivity index (χ0n) is 18.0. The van der Waals surface area contributed by atoms with Crippen LogP contribution in [0.15, 0.2) is 35.8 Å². The van der Waals surface area contributed by atoms with Gasteiger partial charge in [-0.15, -0.1) is 6.58 Å². The van der Waals surface area contributed by atoms with Gasteiger partial charge in [0.2, 0.25) is 0 Å². The second-order valence-electron chi connectivity index (χ2n) is 8.33. The van der Waals surface area contributed by atoms with Gasteiger partial charge in [-0.05, 0) is 25.0 Å². The predicted molar refractivity (Wildman–Crippen MR) is 116 cm³/mol. The summed E-state index contributed by atoms with van der Waals surface area (Å²) in [5.41, 5.74) is 3.53. The molecule has 30 heavy (non-hydrogen) atoms. The van der Waals surface area contributed by atoms with Crippen molar-refractivity contribution >= 4 is 17.9 Å². The minimum absolute atomic E-state index is 0.280. The lowest BCUT2D eigenvalue weighted by atomic mass is 10.0. The average molecular weight is 411 g/mol. The Morgan fingerprint density at radius 3 is 2.63 bits per heavy atom. The average Bonchev–Trinajstić information content (AvgIpc) is 3.10. The first-order valence-corrected chi connectivity index (χ1v) is 10.5. The molecule has 0 bridgehead atoms. The molecule has 160 valence electrons. The van der Waals surface area contributed by atoms with Crippen LogP contribution in [0.1, 0.15) is 16.7 Å². The number of fused-ring (bicyclic) bond motifs is 1. The summed E-state index contributed by atoms with van der Waals surface area (Å²) in [5.74, 6) is 0.526. The summed E-state index contributed by atoms with van der Waals surface area (Å²) in [7, 11) is 1.70. The van der Waals surface area contributed by atoms with E-state index < -0.39 is 18.2 Å². The molecule has 1 aromatic rings. The number of hydrogen-bond acceptors (Lipinski definition) is 6. The van der Waals surface area contributed by atoms with Crippen molar-refractivity contribution < 1.29 is 9.59 Å². The summed E-state index contributed by atoms with van der Waals surface area (Å²) in [6, 6.07) is 5.46. The maximum absolute atomic E-state index is 12.8. The van der Waals surface area contributed by atoms with Gasteiger partial charge in [0.15, 0.2) is 18.2 Å². The molecule has 3 aliphatic heterocycles. The van der Waals surface area contributed by atoms with Crippen molar-refractivity contribution in [3.05, 3.63) is 47.5 Å².